The number of ether oxygens (including phenoxy) is 1. The van der Waals surface area contributed by atoms with Crippen molar-refractivity contribution >= 4 is 16.8 Å². The molecule has 0 aliphatic carbocycles. The van der Waals surface area contributed by atoms with Crippen LogP contribution in [0.2, 0.25) is 0 Å². The molecule has 1 aliphatic heterocycles. The number of nitrogens with zero attached hydrogens (tertiary/aromatic N) is 1. The zero-order valence-corrected chi connectivity index (χ0v) is 16.9. The molecule has 3 aromatic carbocycles. The van der Waals surface area contributed by atoms with Gasteiger partial charge in [-0.15, -0.1) is 0 Å². The number of hydrogen-bond acceptors (Lipinski definition) is 2. The number of fused-ring (bicyclic) bond motifs is 3. The van der Waals surface area contributed by atoms with Gasteiger partial charge in [-0.3, -0.25) is 4.79 Å². The number of nitrogens with one attached hydrogen (secondary N) is 1. The number of halogens is 2. The van der Waals surface area contributed by atoms with Crippen LogP contribution in [-0.2, 0) is 6.42 Å². The van der Waals surface area contributed by atoms with Gasteiger partial charge in [0.25, 0.3) is 5.91 Å². The number of amides is 1. The average Bonchev–Trinajstić information content (AvgIpc) is 3.17. The van der Waals surface area contributed by atoms with E-state index in [0.717, 1.165) is 33.5 Å². The van der Waals surface area contributed by atoms with Gasteiger partial charge in [-0.2, -0.15) is 0 Å². The smallest absolute Gasteiger partial charge is 0.254 e. The minimum absolute atomic E-state index is 0.198. The van der Waals surface area contributed by atoms with Crippen LogP contribution < -0.4 is 4.74 Å². The number of aromatic nitrogens is 1. The van der Waals surface area contributed by atoms with Gasteiger partial charge >= 0.3 is 0 Å². The van der Waals surface area contributed by atoms with Crippen LogP contribution in [0.4, 0.5) is 8.78 Å². The normalized spacial score (nSPS) is 15.7. The molecule has 6 heteroatoms. The van der Waals surface area contributed by atoms with E-state index < -0.39 is 11.9 Å². The van der Waals surface area contributed by atoms with Gasteiger partial charge in [0.05, 0.1) is 13.2 Å². The van der Waals surface area contributed by atoms with Crippen molar-refractivity contribution in [3.63, 3.8) is 0 Å². The summed E-state index contributed by atoms with van der Waals surface area (Å²) in [5.74, 6) is -0.164. The first-order valence-electron chi connectivity index (χ1n) is 10.1. The standard InChI is InChI=1S/C25H20F2N2O2/c1-31-19-10-11-22-21(14-19)20-12-13-29(25(30)16-4-8-18(27)9-5-16)24(23(20)28-22)15-2-6-17(26)7-3-15/h2-11,14,24,28H,12-13H2,1H3. The monoisotopic (exact) mass is 418 g/mol. The Kier molecular flexibility index (Phi) is 4.70. The molecule has 0 bridgehead atoms. The number of carbonyl (C=O) groups excluding carboxylic acids is 1. The number of rotatable bonds is 3. The lowest BCUT2D eigenvalue weighted by atomic mass is 9.91. The highest BCUT2D eigenvalue weighted by Crippen LogP contribution is 2.40. The number of carbonyl (C=O) groups is 1. The molecule has 31 heavy (non-hydrogen) atoms. The van der Waals surface area contributed by atoms with Crippen molar-refractivity contribution in [2.45, 2.75) is 12.5 Å². The van der Waals surface area contributed by atoms with E-state index >= 15 is 0 Å². The molecule has 0 saturated carbocycles. The van der Waals surface area contributed by atoms with Crippen molar-refractivity contribution in [2.24, 2.45) is 0 Å². The van der Waals surface area contributed by atoms with Gasteiger partial charge in [-0.1, -0.05) is 12.1 Å². The fraction of sp³-hybridized carbons (Fsp3) is 0.160. The van der Waals surface area contributed by atoms with Crippen LogP contribution >= 0.6 is 0 Å². The first-order chi connectivity index (χ1) is 15.0. The van der Waals surface area contributed by atoms with Gasteiger partial charge < -0.3 is 14.6 Å². The summed E-state index contributed by atoms with van der Waals surface area (Å²) in [6.07, 6.45) is 0.660. The largest absolute Gasteiger partial charge is 0.497 e. The summed E-state index contributed by atoms with van der Waals surface area (Å²) in [6.45, 7) is 0.482. The molecule has 1 amide bonds. The molecule has 0 radical (unpaired) electrons. The van der Waals surface area contributed by atoms with E-state index in [2.05, 4.69) is 4.98 Å². The topological polar surface area (TPSA) is 45.3 Å². The molecule has 1 atom stereocenters. The molecule has 1 aliphatic rings. The number of benzene rings is 3. The van der Waals surface area contributed by atoms with E-state index in [0.29, 0.717) is 18.5 Å². The third kappa shape index (κ3) is 3.34. The van der Waals surface area contributed by atoms with Crippen LogP contribution in [0.5, 0.6) is 5.75 Å². The number of H-pyrrole nitrogens is 1. The summed E-state index contributed by atoms with van der Waals surface area (Å²) < 4.78 is 32.4. The third-order valence-corrected chi connectivity index (χ3v) is 5.87. The number of aromatic amines is 1. The molecule has 0 saturated heterocycles. The Labute approximate surface area is 178 Å². The molecule has 156 valence electrons. The first-order valence-corrected chi connectivity index (χ1v) is 10.1. The fourth-order valence-electron chi connectivity index (χ4n) is 4.36. The summed E-state index contributed by atoms with van der Waals surface area (Å²) in [7, 11) is 1.63. The second-order valence-corrected chi connectivity index (χ2v) is 7.64. The lowest BCUT2D eigenvalue weighted by Crippen LogP contribution is -2.40. The zero-order chi connectivity index (χ0) is 21.5. The maximum Gasteiger partial charge on any atom is 0.254 e. The van der Waals surface area contributed by atoms with Gasteiger partial charge in [0.1, 0.15) is 17.4 Å². The van der Waals surface area contributed by atoms with E-state index in [1.54, 1.807) is 24.1 Å². The SMILES string of the molecule is COc1ccc2[nH]c3c(c2c1)CCN(C(=O)c1ccc(F)cc1)C3c1ccc(F)cc1. The molecule has 0 fully saturated rings. The molecule has 2 heterocycles. The van der Waals surface area contributed by atoms with Crippen LogP contribution in [0.15, 0.2) is 66.7 Å². The first kappa shape index (κ1) is 19.3. The highest BCUT2D eigenvalue weighted by atomic mass is 19.1. The zero-order valence-electron chi connectivity index (χ0n) is 16.9. The summed E-state index contributed by atoms with van der Waals surface area (Å²) in [4.78, 5) is 18.6. The van der Waals surface area contributed by atoms with Crippen molar-refractivity contribution in [1.29, 1.82) is 0 Å². The maximum atomic E-state index is 13.6. The van der Waals surface area contributed by atoms with E-state index in [9.17, 15) is 13.6 Å². The van der Waals surface area contributed by atoms with Crippen molar-refractivity contribution < 1.29 is 18.3 Å². The molecular weight excluding hydrogens is 398 g/mol. The fourth-order valence-corrected chi connectivity index (χ4v) is 4.36. The van der Waals surface area contributed by atoms with Crippen LogP contribution in [-0.4, -0.2) is 29.4 Å². The molecule has 1 unspecified atom stereocenters. The molecule has 5 rings (SSSR count). The predicted molar refractivity (Wildman–Crippen MR) is 114 cm³/mol. The summed E-state index contributed by atoms with van der Waals surface area (Å²) in [6, 6.07) is 17.2. The number of methoxy groups -OCH3 is 1. The molecule has 1 aromatic heterocycles. The van der Waals surface area contributed by atoms with E-state index in [1.165, 1.54) is 36.4 Å². The molecule has 4 aromatic rings. The van der Waals surface area contributed by atoms with Gasteiger partial charge in [0.15, 0.2) is 0 Å². The van der Waals surface area contributed by atoms with Crippen molar-refractivity contribution in [2.75, 3.05) is 13.7 Å². The van der Waals surface area contributed by atoms with Crippen LogP contribution in [0.3, 0.4) is 0 Å². The van der Waals surface area contributed by atoms with Gasteiger partial charge in [-0.05, 0) is 72.1 Å². The summed E-state index contributed by atoms with van der Waals surface area (Å²) >= 11 is 0. The maximum absolute atomic E-state index is 13.6. The van der Waals surface area contributed by atoms with Gasteiger partial charge in [0, 0.05) is 28.7 Å². The molecular formula is C25H20F2N2O2. The molecule has 0 spiro atoms. The van der Waals surface area contributed by atoms with Crippen LogP contribution in [0.1, 0.15) is 33.2 Å². The molecule has 1 N–H and O–H groups in total. The van der Waals surface area contributed by atoms with Gasteiger partial charge in [-0.25, -0.2) is 8.78 Å². The van der Waals surface area contributed by atoms with Crippen molar-refractivity contribution in [1.82, 2.24) is 9.88 Å². The Morgan fingerprint density at radius 3 is 2.35 bits per heavy atom. The summed E-state index contributed by atoms with van der Waals surface area (Å²) in [5, 5.41) is 1.05. The Morgan fingerprint density at radius 2 is 1.68 bits per heavy atom. The predicted octanol–water partition coefficient (Wildman–Crippen LogP) is 5.24. The second kappa shape index (κ2) is 7.54. The quantitative estimate of drug-likeness (QED) is 0.494. The third-order valence-electron chi connectivity index (χ3n) is 5.87. The highest BCUT2D eigenvalue weighted by Gasteiger charge is 2.35. The van der Waals surface area contributed by atoms with Gasteiger partial charge in [0.2, 0.25) is 0 Å². The lowest BCUT2D eigenvalue weighted by molar-refractivity contribution is 0.0692. The van der Waals surface area contributed by atoms with Crippen LogP contribution in [0, 0.1) is 11.6 Å². The summed E-state index contributed by atoms with van der Waals surface area (Å²) in [5.41, 5.74) is 4.18. The second-order valence-electron chi connectivity index (χ2n) is 7.64. The van der Waals surface area contributed by atoms with Crippen molar-refractivity contribution in [3.05, 3.63) is 101 Å². The van der Waals surface area contributed by atoms with E-state index in [1.807, 2.05) is 18.2 Å². The molecule has 4 nitrogen and oxygen atoms in total. The highest BCUT2D eigenvalue weighted by molar-refractivity contribution is 5.95. The van der Waals surface area contributed by atoms with Crippen LogP contribution in [0.25, 0.3) is 10.9 Å². The number of hydrogen-bond donors (Lipinski definition) is 1. The Bertz CT molecular complexity index is 1260. The van der Waals surface area contributed by atoms with E-state index in [4.69, 9.17) is 4.74 Å². The Balaban J connectivity index is 1.65. The Hall–Kier alpha value is -3.67. The minimum Gasteiger partial charge on any atom is -0.497 e. The Morgan fingerprint density at radius 1 is 1.00 bits per heavy atom. The lowest BCUT2D eigenvalue weighted by Gasteiger charge is -2.36. The minimum atomic E-state index is -0.416. The van der Waals surface area contributed by atoms with E-state index in [-0.39, 0.29) is 11.7 Å². The van der Waals surface area contributed by atoms with Crippen molar-refractivity contribution in [3.8, 4) is 5.75 Å². The average molecular weight is 418 g/mol.